The lowest BCUT2D eigenvalue weighted by molar-refractivity contribution is 0.00265. The maximum Gasteiger partial charge on any atom is 0.137 e. The molecule has 0 saturated heterocycles. The first-order valence-electron chi connectivity index (χ1n) is 7.13. The summed E-state index contributed by atoms with van der Waals surface area (Å²) in [6.07, 6.45) is 2.16. The van der Waals surface area contributed by atoms with Gasteiger partial charge in [0.25, 0.3) is 0 Å². The SMILES string of the molecule is OC1(c2cc3ccccc3o2)CCc2cc(Br)ccc2C1. The fourth-order valence-corrected chi connectivity index (χ4v) is 3.57. The highest BCUT2D eigenvalue weighted by Gasteiger charge is 2.36. The van der Waals surface area contributed by atoms with Gasteiger partial charge in [-0.15, -0.1) is 0 Å². The third-order valence-corrected chi connectivity index (χ3v) is 4.84. The monoisotopic (exact) mass is 342 g/mol. The van der Waals surface area contributed by atoms with Gasteiger partial charge in [-0.05, 0) is 48.2 Å². The molecule has 1 aliphatic carbocycles. The molecule has 21 heavy (non-hydrogen) atoms. The van der Waals surface area contributed by atoms with Crippen molar-refractivity contribution < 1.29 is 9.52 Å². The van der Waals surface area contributed by atoms with Crippen LogP contribution < -0.4 is 0 Å². The Kier molecular flexibility index (Phi) is 2.95. The molecule has 1 unspecified atom stereocenters. The van der Waals surface area contributed by atoms with Crippen molar-refractivity contribution in [3.8, 4) is 0 Å². The summed E-state index contributed by atoms with van der Waals surface area (Å²) in [6, 6.07) is 16.1. The second-order valence-corrected chi connectivity index (χ2v) is 6.69. The van der Waals surface area contributed by atoms with E-state index in [4.69, 9.17) is 4.42 Å². The summed E-state index contributed by atoms with van der Waals surface area (Å²) >= 11 is 3.51. The Labute approximate surface area is 131 Å². The van der Waals surface area contributed by atoms with Gasteiger partial charge in [0.05, 0.1) is 0 Å². The van der Waals surface area contributed by atoms with Crippen LogP contribution in [0.4, 0.5) is 0 Å². The van der Waals surface area contributed by atoms with Crippen LogP contribution in [-0.4, -0.2) is 5.11 Å². The highest BCUT2D eigenvalue weighted by Crippen LogP contribution is 2.39. The van der Waals surface area contributed by atoms with Gasteiger partial charge in [-0.3, -0.25) is 0 Å². The number of para-hydroxylation sites is 1. The van der Waals surface area contributed by atoms with Crippen molar-refractivity contribution >= 4 is 26.9 Å². The van der Waals surface area contributed by atoms with Gasteiger partial charge in [0.15, 0.2) is 0 Å². The molecule has 106 valence electrons. The van der Waals surface area contributed by atoms with Crippen molar-refractivity contribution in [2.24, 2.45) is 0 Å². The van der Waals surface area contributed by atoms with E-state index in [1.54, 1.807) is 0 Å². The Balaban J connectivity index is 1.76. The van der Waals surface area contributed by atoms with Crippen molar-refractivity contribution in [3.63, 3.8) is 0 Å². The zero-order chi connectivity index (χ0) is 14.4. The molecule has 3 aromatic rings. The molecule has 0 bridgehead atoms. The van der Waals surface area contributed by atoms with Crippen LogP contribution >= 0.6 is 15.9 Å². The fourth-order valence-electron chi connectivity index (χ4n) is 3.17. The minimum Gasteiger partial charge on any atom is -0.458 e. The van der Waals surface area contributed by atoms with E-state index in [2.05, 4.69) is 28.1 Å². The molecular formula is C18H15BrO2. The minimum absolute atomic E-state index is 0.607. The zero-order valence-electron chi connectivity index (χ0n) is 11.5. The lowest BCUT2D eigenvalue weighted by Gasteiger charge is -2.31. The average molecular weight is 343 g/mol. The topological polar surface area (TPSA) is 33.4 Å². The van der Waals surface area contributed by atoms with Crippen molar-refractivity contribution in [2.75, 3.05) is 0 Å². The third kappa shape index (κ3) is 2.21. The Bertz CT molecular complexity index is 788. The van der Waals surface area contributed by atoms with Crippen LogP contribution in [0, 0.1) is 0 Å². The van der Waals surface area contributed by atoms with Crippen molar-refractivity contribution in [3.05, 3.63) is 69.9 Å². The van der Waals surface area contributed by atoms with E-state index in [9.17, 15) is 5.11 Å². The number of rotatable bonds is 1. The Morgan fingerprint density at radius 3 is 2.76 bits per heavy atom. The highest BCUT2D eigenvalue weighted by atomic mass is 79.9. The number of aliphatic hydroxyl groups is 1. The number of hydrogen-bond donors (Lipinski definition) is 1. The second kappa shape index (κ2) is 4.72. The van der Waals surface area contributed by atoms with Crippen LogP contribution in [0.15, 0.2) is 57.4 Å². The summed E-state index contributed by atoms with van der Waals surface area (Å²) in [7, 11) is 0. The second-order valence-electron chi connectivity index (χ2n) is 5.77. The smallest absolute Gasteiger partial charge is 0.137 e. The number of aryl methyl sites for hydroxylation is 1. The standard InChI is InChI=1S/C18H15BrO2/c19-15-6-5-14-11-18(20,8-7-12(14)9-15)17-10-13-3-1-2-4-16(13)21-17/h1-6,9-10,20H,7-8,11H2. The van der Waals surface area contributed by atoms with E-state index in [1.165, 1.54) is 11.1 Å². The summed E-state index contributed by atoms with van der Waals surface area (Å²) in [4.78, 5) is 0. The predicted molar refractivity (Wildman–Crippen MR) is 86.3 cm³/mol. The summed E-state index contributed by atoms with van der Waals surface area (Å²) < 4.78 is 6.98. The van der Waals surface area contributed by atoms with Crippen LogP contribution in [0.2, 0.25) is 0 Å². The Morgan fingerprint density at radius 2 is 1.90 bits per heavy atom. The molecule has 3 heteroatoms. The van der Waals surface area contributed by atoms with Crippen molar-refractivity contribution in [1.82, 2.24) is 0 Å². The van der Waals surface area contributed by atoms with Crippen molar-refractivity contribution in [1.29, 1.82) is 0 Å². The lowest BCUT2D eigenvalue weighted by atomic mass is 9.79. The minimum atomic E-state index is -0.903. The molecule has 2 aromatic carbocycles. The van der Waals surface area contributed by atoms with Crippen LogP contribution in [0.3, 0.4) is 0 Å². The first-order chi connectivity index (χ1) is 10.1. The quantitative estimate of drug-likeness (QED) is 0.702. The number of fused-ring (bicyclic) bond motifs is 2. The molecule has 0 fully saturated rings. The van der Waals surface area contributed by atoms with Crippen LogP contribution in [0.1, 0.15) is 23.3 Å². The van der Waals surface area contributed by atoms with E-state index in [-0.39, 0.29) is 0 Å². The van der Waals surface area contributed by atoms with Gasteiger partial charge < -0.3 is 9.52 Å². The summed E-state index contributed by atoms with van der Waals surface area (Å²) in [5, 5.41) is 12.1. The third-order valence-electron chi connectivity index (χ3n) is 4.34. The van der Waals surface area contributed by atoms with Gasteiger partial charge in [0, 0.05) is 16.3 Å². The summed E-state index contributed by atoms with van der Waals surface area (Å²) in [6.45, 7) is 0. The first-order valence-corrected chi connectivity index (χ1v) is 7.92. The molecule has 0 aliphatic heterocycles. The summed E-state index contributed by atoms with van der Waals surface area (Å²) in [5.41, 5.74) is 2.44. The molecule has 0 radical (unpaired) electrons. The van der Waals surface area contributed by atoms with E-state index in [0.717, 1.165) is 21.9 Å². The predicted octanol–water partition coefficient (Wildman–Crippen LogP) is 4.57. The number of furan rings is 1. The van der Waals surface area contributed by atoms with Gasteiger partial charge in [-0.2, -0.15) is 0 Å². The Hall–Kier alpha value is -1.58. The van der Waals surface area contributed by atoms with Crippen molar-refractivity contribution in [2.45, 2.75) is 24.9 Å². The van der Waals surface area contributed by atoms with Crippen LogP contribution in [0.5, 0.6) is 0 Å². The zero-order valence-corrected chi connectivity index (χ0v) is 13.1. The molecular weight excluding hydrogens is 328 g/mol. The fraction of sp³-hybridized carbons (Fsp3) is 0.222. The first kappa shape index (κ1) is 13.1. The van der Waals surface area contributed by atoms with Gasteiger partial charge in [0.2, 0.25) is 0 Å². The van der Waals surface area contributed by atoms with Gasteiger partial charge in [-0.1, -0.05) is 40.2 Å². The molecule has 0 amide bonds. The normalized spacial score (nSPS) is 21.4. The highest BCUT2D eigenvalue weighted by molar-refractivity contribution is 9.10. The maximum atomic E-state index is 11.1. The van der Waals surface area contributed by atoms with Crippen LogP contribution in [0.25, 0.3) is 11.0 Å². The lowest BCUT2D eigenvalue weighted by Crippen LogP contribution is -2.32. The molecule has 0 saturated carbocycles. The van der Waals surface area contributed by atoms with Gasteiger partial charge in [-0.25, -0.2) is 0 Å². The molecule has 4 rings (SSSR count). The van der Waals surface area contributed by atoms with Gasteiger partial charge in [0.1, 0.15) is 16.9 Å². The maximum absolute atomic E-state index is 11.1. The largest absolute Gasteiger partial charge is 0.458 e. The molecule has 2 nitrogen and oxygen atoms in total. The molecule has 0 spiro atoms. The van der Waals surface area contributed by atoms with Crippen LogP contribution in [-0.2, 0) is 18.4 Å². The number of hydrogen-bond acceptors (Lipinski definition) is 2. The molecule has 1 N–H and O–H groups in total. The summed E-state index contributed by atoms with van der Waals surface area (Å²) in [5.74, 6) is 0.678. The molecule has 1 heterocycles. The molecule has 1 aliphatic rings. The van der Waals surface area contributed by atoms with E-state index in [1.807, 2.05) is 36.4 Å². The average Bonchev–Trinajstić information content (AvgIpc) is 2.92. The van der Waals surface area contributed by atoms with E-state index >= 15 is 0 Å². The number of halogens is 1. The molecule has 1 aromatic heterocycles. The Morgan fingerprint density at radius 1 is 1.05 bits per heavy atom. The number of benzene rings is 2. The molecule has 1 atom stereocenters. The van der Waals surface area contributed by atoms with E-state index in [0.29, 0.717) is 18.6 Å². The van der Waals surface area contributed by atoms with Gasteiger partial charge >= 0.3 is 0 Å². The van der Waals surface area contributed by atoms with E-state index < -0.39 is 5.60 Å².